The van der Waals surface area contributed by atoms with Gasteiger partial charge in [-0.1, -0.05) is 12.6 Å². The number of nitrogens with one attached hydrogen (secondary N) is 2. The predicted octanol–water partition coefficient (Wildman–Crippen LogP) is 2.32. The lowest BCUT2D eigenvalue weighted by atomic mass is 10.1. The van der Waals surface area contributed by atoms with Crippen molar-refractivity contribution in [2.24, 2.45) is 11.7 Å². The number of aliphatic hydroxyl groups excluding tert-OH is 1. The Labute approximate surface area is 192 Å². The van der Waals surface area contributed by atoms with Crippen molar-refractivity contribution in [2.45, 2.75) is 18.9 Å². The molecule has 4 rings (SSSR count). The van der Waals surface area contributed by atoms with Gasteiger partial charge in [-0.2, -0.15) is 5.26 Å². The molecule has 0 atom stereocenters. The molecule has 1 aliphatic carbocycles. The van der Waals surface area contributed by atoms with Gasteiger partial charge in [0.05, 0.1) is 23.0 Å². The van der Waals surface area contributed by atoms with Gasteiger partial charge < -0.3 is 26.4 Å². The van der Waals surface area contributed by atoms with Gasteiger partial charge in [0.2, 0.25) is 11.9 Å². The molecule has 0 spiro atoms. The number of likely N-dealkylation sites (tertiary alicyclic amines) is 1. The number of hydrogen-bond donors (Lipinski definition) is 4. The van der Waals surface area contributed by atoms with Crippen molar-refractivity contribution in [3.8, 4) is 17.3 Å². The number of carbonyl (C=O) groups is 1. The second kappa shape index (κ2) is 9.54. The predicted molar refractivity (Wildman–Crippen MR) is 125 cm³/mol. The maximum absolute atomic E-state index is 12.1. The van der Waals surface area contributed by atoms with Crippen LogP contribution in [-0.4, -0.2) is 45.1 Å². The molecule has 9 nitrogen and oxygen atoms in total. The molecule has 9 heteroatoms. The molecular formula is C24H25N7O2. The van der Waals surface area contributed by atoms with Gasteiger partial charge in [-0.15, -0.1) is 0 Å². The van der Waals surface area contributed by atoms with E-state index in [1.807, 2.05) is 11.0 Å². The highest BCUT2D eigenvalue weighted by Crippen LogP contribution is 2.31. The van der Waals surface area contributed by atoms with Crippen LogP contribution in [0.3, 0.4) is 0 Å². The maximum Gasteiger partial charge on any atom is 0.227 e. The van der Waals surface area contributed by atoms with E-state index in [1.54, 1.807) is 36.5 Å². The van der Waals surface area contributed by atoms with Crippen LogP contribution < -0.4 is 16.4 Å². The molecule has 0 unspecified atom stereocenters. The summed E-state index contributed by atoms with van der Waals surface area (Å²) in [5.41, 5.74) is 9.16. The molecule has 0 bridgehead atoms. The molecule has 33 heavy (non-hydrogen) atoms. The monoisotopic (exact) mass is 443 g/mol. The van der Waals surface area contributed by atoms with E-state index in [2.05, 4.69) is 33.2 Å². The summed E-state index contributed by atoms with van der Waals surface area (Å²) in [4.78, 5) is 22.8. The van der Waals surface area contributed by atoms with Crippen LogP contribution in [0.2, 0.25) is 0 Å². The summed E-state index contributed by atoms with van der Waals surface area (Å²) in [6, 6.07) is 9.11. The number of amides is 1. The third kappa shape index (κ3) is 5.37. The molecular weight excluding hydrogens is 418 g/mol. The molecule has 1 amide bonds. The van der Waals surface area contributed by atoms with Crippen molar-refractivity contribution >= 4 is 17.5 Å². The molecule has 1 aromatic heterocycles. The molecule has 2 heterocycles. The fourth-order valence-electron chi connectivity index (χ4n) is 3.38. The zero-order chi connectivity index (χ0) is 23.4. The van der Waals surface area contributed by atoms with Crippen molar-refractivity contribution < 1.29 is 9.90 Å². The molecule has 1 saturated heterocycles. The standard InChI is InChI=1S/C24H25N7O2/c1-15(31-13-20(32)14-31)10-19(6-8-25)28-24-27-9-7-22(30-24)17-4-5-21(18(11-17)12-26)29-23(33)16-2-3-16/h4-11,16,20,32H,1-3,13-14,25H2,(H,29,33)(H,27,28,30)/b8-6-,19-10+. The Morgan fingerprint density at radius 3 is 2.76 bits per heavy atom. The third-order valence-corrected chi connectivity index (χ3v) is 5.42. The SMILES string of the molecule is C=C(/C=C(\C=C/N)Nc1nccc(-c2ccc(NC(=O)C3CC3)c(C#N)c2)n1)N1CC(O)C1. The van der Waals surface area contributed by atoms with Gasteiger partial charge >= 0.3 is 0 Å². The summed E-state index contributed by atoms with van der Waals surface area (Å²) in [5, 5.41) is 25.0. The number of nitrogens with zero attached hydrogens (tertiary/aromatic N) is 4. The first-order valence-corrected chi connectivity index (χ1v) is 10.6. The zero-order valence-electron chi connectivity index (χ0n) is 18.0. The number of aliphatic hydroxyl groups is 1. The van der Waals surface area contributed by atoms with E-state index in [1.165, 1.54) is 6.20 Å². The first-order chi connectivity index (χ1) is 16.0. The van der Waals surface area contributed by atoms with Crippen molar-refractivity contribution in [1.82, 2.24) is 14.9 Å². The molecule has 2 fully saturated rings. The highest BCUT2D eigenvalue weighted by Gasteiger charge is 2.30. The summed E-state index contributed by atoms with van der Waals surface area (Å²) in [6.45, 7) is 5.11. The van der Waals surface area contributed by atoms with Gasteiger partial charge in [-0.25, -0.2) is 9.97 Å². The smallest absolute Gasteiger partial charge is 0.227 e. The lowest BCUT2D eigenvalue weighted by Gasteiger charge is -2.38. The Balaban J connectivity index is 1.52. The fourth-order valence-corrected chi connectivity index (χ4v) is 3.38. The number of aromatic nitrogens is 2. The average molecular weight is 444 g/mol. The Morgan fingerprint density at radius 1 is 1.30 bits per heavy atom. The van der Waals surface area contributed by atoms with Crippen LogP contribution in [0, 0.1) is 17.2 Å². The normalized spacial score (nSPS) is 16.2. The molecule has 0 radical (unpaired) electrons. The van der Waals surface area contributed by atoms with Crippen LogP contribution in [0.1, 0.15) is 18.4 Å². The molecule has 168 valence electrons. The van der Waals surface area contributed by atoms with Crippen molar-refractivity contribution in [2.75, 3.05) is 23.7 Å². The van der Waals surface area contributed by atoms with Crippen LogP contribution >= 0.6 is 0 Å². The van der Waals surface area contributed by atoms with E-state index in [9.17, 15) is 15.2 Å². The van der Waals surface area contributed by atoms with Gasteiger partial charge in [0.25, 0.3) is 0 Å². The Bertz CT molecular complexity index is 1170. The van der Waals surface area contributed by atoms with Crippen LogP contribution in [0.15, 0.2) is 66.8 Å². The molecule has 2 aliphatic rings. The summed E-state index contributed by atoms with van der Waals surface area (Å²) in [7, 11) is 0. The quantitative estimate of drug-likeness (QED) is 0.456. The van der Waals surface area contributed by atoms with Crippen LogP contribution in [0.5, 0.6) is 0 Å². The first kappa shape index (κ1) is 22.0. The van der Waals surface area contributed by atoms with Crippen molar-refractivity contribution in [1.29, 1.82) is 5.26 Å². The van der Waals surface area contributed by atoms with E-state index < -0.39 is 0 Å². The number of benzene rings is 1. The minimum Gasteiger partial charge on any atom is -0.405 e. The fraction of sp³-hybridized carbons (Fsp3) is 0.250. The van der Waals surface area contributed by atoms with Gasteiger partial charge in [-0.3, -0.25) is 4.79 Å². The van der Waals surface area contributed by atoms with Crippen LogP contribution in [-0.2, 0) is 4.79 Å². The Hall–Kier alpha value is -4.16. The molecule has 5 N–H and O–H groups in total. The summed E-state index contributed by atoms with van der Waals surface area (Å²) >= 11 is 0. The zero-order valence-corrected chi connectivity index (χ0v) is 18.0. The highest BCUT2D eigenvalue weighted by molar-refractivity contribution is 5.95. The number of rotatable bonds is 8. The topological polar surface area (TPSA) is 140 Å². The first-order valence-electron chi connectivity index (χ1n) is 10.6. The number of nitrogens with two attached hydrogens (primary N) is 1. The molecule has 1 aromatic carbocycles. The van der Waals surface area contributed by atoms with E-state index in [4.69, 9.17) is 5.73 Å². The van der Waals surface area contributed by atoms with Gasteiger partial charge in [-0.05, 0) is 49.4 Å². The van der Waals surface area contributed by atoms with Gasteiger partial charge in [0.1, 0.15) is 6.07 Å². The second-order valence-corrected chi connectivity index (χ2v) is 8.04. The summed E-state index contributed by atoms with van der Waals surface area (Å²) in [5.74, 6) is 0.353. The number of allylic oxidation sites excluding steroid dienone is 2. The van der Waals surface area contributed by atoms with Gasteiger partial charge in [0, 0.05) is 42.2 Å². The third-order valence-electron chi connectivity index (χ3n) is 5.42. The lowest BCUT2D eigenvalue weighted by molar-refractivity contribution is -0.117. The number of carbonyl (C=O) groups excluding carboxylic acids is 1. The Morgan fingerprint density at radius 2 is 2.09 bits per heavy atom. The highest BCUT2D eigenvalue weighted by atomic mass is 16.3. The number of anilines is 2. The second-order valence-electron chi connectivity index (χ2n) is 8.04. The molecule has 2 aromatic rings. The van der Waals surface area contributed by atoms with E-state index in [0.717, 1.165) is 24.1 Å². The van der Waals surface area contributed by atoms with E-state index in [-0.39, 0.29) is 17.9 Å². The number of nitriles is 1. The van der Waals surface area contributed by atoms with Gasteiger partial charge in [0.15, 0.2) is 0 Å². The summed E-state index contributed by atoms with van der Waals surface area (Å²) < 4.78 is 0. The lowest BCUT2D eigenvalue weighted by Crippen LogP contribution is -2.49. The van der Waals surface area contributed by atoms with E-state index >= 15 is 0 Å². The largest absolute Gasteiger partial charge is 0.405 e. The number of β-amino-alcohol motifs (C(OH)–C–C–N with tert-alkyl or cyclic N) is 1. The molecule has 1 saturated carbocycles. The van der Waals surface area contributed by atoms with Crippen molar-refractivity contribution in [3.63, 3.8) is 0 Å². The minimum atomic E-state index is -0.330. The molecule has 1 aliphatic heterocycles. The van der Waals surface area contributed by atoms with E-state index in [0.29, 0.717) is 41.7 Å². The number of hydrogen-bond acceptors (Lipinski definition) is 8. The van der Waals surface area contributed by atoms with Crippen molar-refractivity contribution in [3.05, 3.63) is 72.4 Å². The minimum absolute atomic E-state index is 0.0469. The van der Waals surface area contributed by atoms with Crippen LogP contribution in [0.4, 0.5) is 11.6 Å². The Kier molecular flexibility index (Phi) is 6.38. The maximum atomic E-state index is 12.1. The summed E-state index contributed by atoms with van der Waals surface area (Å²) in [6.07, 6.45) is 7.94. The average Bonchev–Trinajstić information content (AvgIpc) is 3.63. The van der Waals surface area contributed by atoms with Crippen LogP contribution in [0.25, 0.3) is 11.3 Å².